The van der Waals surface area contributed by atoms with E-state index in [2.05, 4.69) is 20.4 Å². The van der Waals surface area contributed by atoms with Crippen LogP contribution in [-0.4, -0.2) is 48.3 Å². The molecule has 4 rings (SSSR count). The molecule has 8 nitrogen and oxygen atoms in total. The lowest BCUT2D eigenvalue weighted by Crippen LogP contribution is -2.59. The average Bonchev–Trinajstić information content (AvgIpc) is 2.91. The lowest BCUT2D eigenvalue weighted by Gasteiger charge is -2.58. The first-order valence-corrected chi connectivity index (χ1v) is 15.0. The van der Waals surface area contributed by atoms with Gasteiger partial charge in [-0.05, 0) is 78.2 Å². The first-order chi connectivity index (χ1) is 20.1. The average molecular weight is 593 g/mol. The summed E-state index contributed by atoms with van der Waals surface area (Å²) in [5.41, 5.74) is 2.08. The summed E-state index contributed by atoms with van der Waals surface area (Å²) in [6, 6.07) is 9.50. The van der Waals surface area contributed by atoms with Gasteiger partial charge in [0.25, 0.3) is 0 Å². The molecular weight excluding hydrogens is 548 g/mol. The van der Waals surface area contributed by atoms with Gasteiger partial charge in [-0.1, -0.05) is 57.7 Å². The summed E-state index contributed by atoms with van der Waals surface area (Å²) in [6.07, 6.45) is 2.57. The highest BCUT2D eigenvalue weighted by Gasteiger charge is 2.60. The highest BCUT2D eigenvalue weighted by molar-refractivity contribution is 5.87. The van der Waals surface area contributed by atoms with Crippen molar-refractivity contribution >= 4 is 30.0 Å². The van der Waals surface area contributed by atoms with Crippen molar-refractivity contribution in [3.63, 3.8) is 0 Å². The number of ether oxygens (including phenoxy) is 4. The number of carbonyl (C=O) groups excluding carboxylic acids is 4. The van der Waals surface area contributed by atoms with E-state index in [-0.39, 0.29) is 11.8 Å². The first kappa shape index (κ1) is 32.2. The lowest BCUT2D eigenvalue weighted by molar-refractivity contribution is -0.187. The van der Waals surface area contributed by atoms with E-state index < -0.39 is 59.1 Å². The summed E-state index contributed by atoms with van der Waals surface area (Å²) in [5.74, 6) is -2.11. The maximum atomic E-state index is 12.9. The molecule has 2 saturated carbocycles. The van der Waals surface area contributed by atoms with Crippen molar-refractivity contribution in [1.82, 2.24) is 0 Å². The maximum absolute atomic E-state index is 12.9. The Morgan fingerprint density at radius 2 is 1.49 bits per heavy atom. The molecule has 3 aliphatic rings. The fourth-order valence-electron chi connectivity index (χ4n) is 7.66. The largest absolute Gasteiger partial charge is 0.458 e. The predicted molar refractivity (Wildman–Crippen MR) is 161 cm³/mol. The topological polar surface area (TPSA) is 105 Å². The molecule has 0 heterocycles. The minimum Gasteiger partial charge on any atom is -0.458 e. The molecule has 0 radical (unpaired) electrons. The van der Waals surface area contributed by atoms with Crippen molar-refractivity contribution in [3.8, 4) is 0 Å². The van der Waals surface area contributed by atoms with E-state index in [0.717, 1.165) is 22.3 Å². The van der Waals surface area contributed by atoms with Crippen molar-refractivity contribution in [2.45, 2.75) is 98.6 Å². The van der Waals surface area contributed by atoms with Crippen LogP contribution in [0.3, 0.4) is 0 Å². The molecule has 0 aromatic heterocycles. The molecule has 8 heteroatoms. The third-order valence-corrected chi connectivity index (χ3v) is 9.82. The molecule has 0 aliphatic heterocycles. The molecule has 0 unspecified atom stereocenters. The van der Waals surface area contributed by atoms with Gasteiger partial charge in [-0.2, -0.15) is 0 Å². The van der Waals surface area contributed by atoms with Crippen molar-refractivity contribution < 1.29 is 38.1 Å². The van der Waals surface area contributed by atoms with Crippen molar-refractivity contribution in [1.29, 1.82) is 0 Å². The van der Waals surface area contributed by atoms with Gasteiger partial charge in [-0.15, -0.1) is 0 Å². The molecule has 7 atom stereocenters. The van der Waals surface area contributed by atoms with Crippen LogP contribution in [0.1, 0.15) is 79.7 Å². The molecule has 43 heavy (non-hydrogen) atoms. The van der Waals surface area contributed by atoms with Crippen LogP contribution < -0.4 is 0 Å². The van der Waals surface area contributed by atoms with Crippen LogP contribution >= 0.6 is 0 Å². The normalized spacial score (nSPS) is 31.7. The van der Waals surface area contributed by atoms with Gasteiger partial charge in [0.15, 0.2) is 6.10 Å². The maximum Gasteiger partial charge on any atom is 0.331 e. The van der Waals surface area contributed by atoms with E-state index in [0.29, 0.717) is 25.7 Å². The Morgan fingerprint density at radius 1 is 0.860 bits per heavy atom. The lowest BCUT2D eigenvalue weighted by atomic mass is 9.50. The zero-order chi connectivity index (χ0) is 31.7. The van der Waals surface area contributed by atoms with E-state index in [4.69, 9.17) is 18.9 Å². The molecule has 1 aromatic carbocycles. The summed E-state index contributed by atoms with van der Waals surface area (Å²) < 4.78 is 23.9. The SMILES string of the molecule is C=C1[C@@H](OC(=O)/C=C\c2ccccc2)CC[C@]2(C)[C@@H]1C[C@@H]1C[C@H](OC(C)=O)C(C)=C([C@@H](OC(C)=O)[C@@H]2OC(C)=O)C1(C)C. The van der Waals surface area contributed by atoms with Crippen LogP contribution in [0, 0.1) is 22.7 Å². The molecule has 0 N–H and O–H groups in total. The molecule has 0 amide bonds. The number of hydrogen-bond acceptors (Lipinski definition) is 8. The van der Waals surface area contributed by atoms with Gasteiger partial charge in [0.2, 0.25) is 0 Å². The molecular formula is C35H44O8. The molecule has 2 bridgehead atoms. The van der Waals surface area contributed by atoms with Gasteiger partial charge < -0.3 is 18.9 Å². The van der Waals surface area contributed by atoms with Crippen molar-refractivity contribution in [3.05, 3.63) is 65.3 Å². The van der Waals surface area contributed by atoms with E-state index in [1.54, 1.807) is 6.08 Å². The van der Waals surface area contributed by atoms with Crippen LogP contribution in [0.15, 0.2) is 59.7 Å². The van der Waals surface area contributed by atoms with E-state index >= 15 is 0 Å². The van der Waals surface area contributed by atoms with Gasteiger partial charge in [-0.25, -0.2) is 4.79 Å². The van der Waals surface area contributed by atoms with Crippen molar-refractivity contribution in [2.75, 3.05) is 0 Å². The van der Waals surface area contributed by atoms with Crippen molar-refractivity contribution in [2.24, 2.45) is 22.7 Å². The summed E-state index contributed by atoms with van der Waals surface area (Å²) in [7, 11) is 0. The van der Waals surface area contributed by atoms with Crippen LogP contribution in [0.5, 0.6) is 0 Å². The molecule has 232 valence electrons. The van der Waals surface area contributed by atoms with Gasteiger partial charge in [0.05, 0.1) is 0 Å². The zero-order valence-electron chi connectivity index (χ0n) is 26.3. The third kappa shape index (κ3) is 6.63. The second-order valence-corrected chi connectivity index (χ2v) is 13.0. The Balaban J connectivity index is 1.77. The van der Waals surface area contributed by atoms with Crippen LogP contribution in [0.2, 0.25) is 0 Å². The summed E-state index contributed by atoms with van der Waals surface area (Å²) in [4.78, 5) is 50.2. The smallest absolute Gasteiger partial charge is 0.331 e. The fraction of sp³-hybridized carbons (Fsp3) is 0.543. The summed E-state index contributed by atoms with van der Waals surface area (Å²) in [6.45, 7) is 16.7. The Labute approximate surface area is 254 Å². The van der Waals surface area contributed by atoms with E-state index in [9.17, 15) is 19.2 Å². The monoisotopic (exact) mass is 592 g/mol. The van der Waals surface area contributed by atoms with Gasteiger partial charge in [0, 0.05) is 32.3 Å². The molecule has 0 spiro atoms. The number of carbonyl (C=O) groups is 4. The number of fused-ring (bicyclic) bond motifs is 3. The highest BCUT2D eigenvalue weighted by Crippen LogP contribution is 2.60. The van der Waals surface area contributed by atoms with E-state index in [1.807, 2.05) is 44.2 Å². The minimum absolute atomic E-state index is 0.000360. The van der Waals surface area contributed by atoms with Crippen LogP contribution in [0.4, 0.5) is 0 Å². The summed E-state index contributed by atoms with van der Waals surface area (Å²) >= 11 is 0. The predicted octanol–water partition coefficient (Wildman–Crippen LogP) is 6.15. The quantitative estimate of drug-likeness (QED) is 0.168. The Morgan fingerprint density at radius 3 is 2.09 bits per heavy atom. The molecule has 0 saturated heterocycles. The number of benzene rings is 1. The second-order valence-electron chi connectivity index (χ2n) is 13.0. The zero-order valence-corrected chi connectivity index (χ0v) is 26.3. The number of rotatable bonds is 6. The molecule has 2 fully saturated rings. The summed E-state index contributed by atoms with van der Waals surface area (Å²) in [5, 5.41) is 0. The Hall–Kier alpha value is -3.68. The standard InChI is InChI=1S/C35H44O8/c1-20-27-18-26-19-29(40-22(3)36)21(2)31(34(26,6)7)32(41-23(4)37)33(42-24(5)38)35(27,8)17-16-28(20)43-30(39)15-14-25-12-10-9-11-13-25/h9-15,26-29,32-33H,1,16-19H2,2-8H3/b15-14-/t26-,27-,28+,29+,32-,33+,35-/m1/s1. The number of hydrogen-bond donors (Lipinski definition) is 0. The molecule has 1 aromatic rings. The van der Waals surface area contributed by atoms with Gasteiger partial charge >= 0.3 is 23.9 Å². The second kappa shape index (κ2) is 12.5. The Bertz CT molecular complexity index is 1340. The minimum atomic E-state index is -0.897. The van der Waals surface area contributed by atoms with Gasteiger partial charge in [-0.3, -0.25) is 14.4 Å². The van der Waals surface area contributed by atoms with Gasteiger partial charge in [0.1, 0.15) is 18.3 Å². The van der Waals surface area contributed by atoms with Crippen LogP contribution in [-0.2, 0) is 38.1 Å². The van der Waals surface area contributed by atoms with Crippen LogP contribution in [0.25, 0.3) is 6.08 Å². The molecule has 3 aliphatic carbocycles. The van der Waals surface area contributed by atoms with E-state index in [1.165, 1.54) is 26.8 Å². The highest BCUT2D eigenvalue weighted by atomic mass is 16.6. The third-order valence-electron chi connectivity index (χ3n) is 9.82. The first-order valence-electron chi connectivity index (χ1n) is 15.0. The fourth-order valence-corrected chi connectivity index (χ4v) is 7.66. The number of esters is 4. The Kier molecular flexibility index (Phi) is 9.38.